The number of methoxy groups -OCH3 is 1. The summed E-state index contributed by atoms with van der Waals surface area (Å²) in [6.45, 7) is 3.69. The van der Waals surface area contributed by atoms with E-state index in [9.17, 15) is 9.18 Å². The summed E-state index contributed by atoms with van der Waals surface area (Å²) in [6, 6.07) is 11.5. The molecule has 0 saturated carbocycles. The summed E-state index contributed by atoms with van der Waals surface area (Å²) in [7, 11) is 1.55. The van der Waals surface area contributed by atoms with Crippen molar-refractivity contribution in [1.29, 1.82) is 0 Å². The van der Waals surface area contributed by atoms with Crippen LogP contribution < -0.4 is 10.1 Å². The molecule has 1 amide bonds. The summed E-state index contributed by atoms with van der Waals surface area (Å²) >= 11 is 0. The Kier molecular flexibility index (Phi) is 4.16. The fraction of sp³-hybridized carbons (Fsp3) is 0.158. The third-order valence-corrected chi connectivity index (χ3v) is 3.82. The van der Waals surface area contributed by atoms with Gasteiger partial charge in [0.1, 0.15) is 11.6 Å². The van der Waals surface area contributed by atoms with Crippen LogP contribution in [0.3, 0.4) is 0 Å². The van der Waals surface area contributed by atoms with E-state index in [0.29, 0.717) is 33.6 Å². The van der Waals surface area contributed by atoms with Gasteiger partial charge in [0.2, 0.25) is 0 Å². The van der Waals surface area contributed by atoms with Crippen LogP contribution in [0.25, 0.3) is 10.9 Å². The number of pyridine rings is 1. The highest BCUT2D eigenvalue weighted by Crippen LogP contribution is 2.26. The van der Waals surface area contributed by atoms with Crippen LogP contribution in [0.4, 0.5) is 10.1 Å². The molecule has 0 aliphatic heterocycles. The number of carbonyl (C=O) groups is 1. The minimum Gasteiger partial charge on any atom is -0.495 e. The average Bonchev–Trinajstić information content (AvgIpc) is 2.54. The molecule has 4 nitrogen and oxygen atoms in total. The molecule has 3 rings (SSSR count). The third-order valence-electron chi connectivity index (χ3n) is 3.82. The van der Waals surface area contributed by atoms with Crippen molar-refractivity contribution in [2.24, 2.45) is 0 Å². The molecule has 1 aromatic heterocycles. The second kappa shape index (κ2) is 6.28. The molecule has 0 aliphatic rings. The number of aryl methyl sites for hydroxylation is 2. The molecule has 0 atom stereocenters. The Morgan fingerprint density at radius 2 is 1.92 bits per heavy atom. The molecule has 122 valence electrons. The maximum absolute atomic E-state index is 13.4. The van der Waals surface area contributed by atoms with Crippen LogP contribution in [0.5, 0.6) is 5.75 Å². The van der Waals surface area contributed by atoms with Crippen molar-refractivity contribution in [3.8, 4) is 5.75 Å². The lowest BCUT2D eigenvalue weighted by atomic mass is 10.1. The molecular formula is C19H17FN2O2. The Morgan fingerprint density at radius 3 is 2.67 bits per heavy atom. The summed E-state index contributed by atoms with van der Waals surface area (Å²) in [5.41, 5.74) is 3.22. The highest BCUT2D eigenvalue weighted by molar-refractivity contribution is 6.07. The minimum absolute atomic E-state index is 0.310. The molecule has 0 unspecified atom stereocenters. The second-order valence-electron chi connectivity index (χ2n) is 5.62. The van der Waals surface area contributed by atoms with E-state index in [2.05, 4.69) is 10.3 Å². The number of amides is 1. The summed E-state index contributed by atoms with van der Waals surface area (Å²) in [6.07, 6.45) is 0. The Balaban J connectivity index is 1.99. The maximum Gasteiger partial charge on any atom is 0.257 e. The smallest absolute Gasteiger partial charge is 0.257 e. The fourth-order valence-electron chi connectivity index (χ4n) is 2.58. The van der Waals surface area contributed by atoms with E-state index in [-0.39, 0.29) is 11.7 Å². The van der Waals surface area contributed by atoms with Crippen molar-refractivity contribution < 1.29 is 13.9 Å². The van der Waals surface area contributed by atoms with Gasteiger partial charge >= 0.3 is 0 Å². The first kappa shape index (κ1) is 15.9. The van der Waals surface area contributed by atoms with Crippen molar-refractivity contribution in [2.45, 2.75) is 13.8 Å². The van der Waals surface area contributed by atoms with Gasteiger partial charge in [-0.15, -0.1) is 0 Å². The molecule has 2 aromatic carbocycles. The molecule has 1 N–H and O–H groups in total. The monoisotopic (exact) mass is 324 g/mol. The van der Waals surface area contributed by atoms with Crippen LogP contribution in [0.2, 0.25) is 0 Å². The number of nitrogens with one attached hydrogen (secondary N) is 1. The number of carbonyl (C=O) groups excluding carboxylic acids is 1. The normalized spacial score (nSPS) is 10.7. The predicted octanol–water partition coefficient (Wildman–Crippen LogP) is 4.25. The molecule has 0 fully saturated rings. The number of anilines is 1. The van der Waals surface area contributed by atoms with Gasteiger partial charge in [0.15, 0.2) is 0 Å². The third kappa shape index (κ3) is 3.06. The van der Waals surface area contributed by atoms with E-state index in [1.807, 2.05) is 19.1 Å². The van der Waals surface area contributed by atoms with Crippen LogP contribution in [0.15, 0.2) is 42.5 Å². The maximum atomic E-state index is 13.4. The molecule has 3 aromatic rings. The zero-order valence-corrected chi connectivity index (χ0v) is 13.7. The molecule has 0 saturated heterocycles. The first-order valence-corrected chi connectivity index (χ1v) is 7.51. The van der Waals surface area contributed by atoms with E-state index >= 15 is 0 Å². The minimum atomic E-state index is -0.361. The van der Waals surface area contributed by atoms with Crippen molar-refractivity contribution in [1.82, 2.24) is 4.98 Å². The van der Waals surface area contributed by atoms with E-state index < -0.39 is 0 Å². The summed E-state index contributed by atoms with van der Waals surface area (Å²) in [4.78, 5) is 17.0. The van der Waals surface area contributed by atoms with Gasteiger partial charge in [0.25, 0.3) is 5.91 Å². The first-order valence-electron chi connectivity index (χ1n) is 7.51. The Hall–Kier alpha value is -2.95. The predicted molar refractivity (Wildman–Crippen MR) is 92.1 cm³/mol. The number of ether oxygens (including phenoxy) is 1. The van der Waals surface area contributed by atoms with Gasteiger partial charge in [0.05, 0.1) is 29.6 Å². The van der Waals surface area contributed by atoms with Gasteiger partial charge in [-0.2, -0.15) is 0 Å². The number of benzene rings is 2. The van der Waals surface area contributed by atoms with Crippen LogP contribution in [0, 0.1) is 19.7 Å². The van der Waals surface area contributed by atoms with Gasteiger partial charge in [-0.1, -0.05) is 6.07 Å². The SMILES string of the molecule is COc1ccc(C)cc1NC(=O)c1cc2cc(F)ccc2nc1C. The van der Waals surface area contributed by atoms with Crippen molar-refractivity contribution in [2.75, 3.05) is 12.4 Å². The molecule has 24 heavy (non-hydrogen) atoms. The van der Waals surface area contributed by atoms with E-state index in [1.54, 1.807) is 32.2 Å². The molecule has 0 spiro atoms. The number of hydrogen-bond acceptors (Lipinski definition) is 3. The number of halogens is 1. The Labute approximate surface area is 139 Å². The Morgan fingerprint density at radius 1 is 1.12 bits per heavy atom. The van der Waals surface area contributed by atoms with Crippen LogP contribution in [-0.4, -0.2) is 18.0 Å². The largest absolute Gasteiger partial charge is 0.495 e. The molecule has 1 heterocycles. The lowest BCUT2D eigenvalue weighted by Gasteiger charge is -2.12. The van der Waals surface area contributed by atoms with E-state index in [1.165, 1.54) is 12.1 Å². The zero-order chi connectivity index (χ0) is 17.3. The number of nitrogens with zero attached hydrogens (tertiary/aromatic N) is 1. The first-order chi connectivity index (χ1) is 11.5. The van der Waals surface area contributed by atoms with Crippen molar-refractivity contribution in [3.63, 3.8) is 0 Å². The fourth-order valence-corrected chi connectivity index (χ4v) is 2.58. The van der Waals surface area contributed by atoms with Gasteiger partial charge < -0.3 is 10.1 Å². The molecular weight excluding hydrogens is 307 g/mol. The molecule has 0 bridgehead atoms. The summed E-state index contributed by atoms with van der Waals surface area (Å²) in [5, 5.41) is 3.43. The average molecular weight is 324 g/mol. The topological polar surface area (TPSA) is 51.2 Å². The quantitative estimate of drug-likeness (QED) is 0.783. The number of rotatable bonds is 3. The van der Waals surface area contributed by atoms with Gasteiger partial charge in [-0.3, -0.25) is 9.78 Å². The van der Waals surface area contributed by atoms with Crippen LogP contribution >= 0.6 is 0 Å². The second-order valence-corrected chi connectivity index (χ2v) is 5.62. The number of hydrogen-bond donors (Lipinski definition) is 1. The highest BCUT2D eigenvalue weighted by Gasteiger charge is 2.14. The standard InChI is InChI=1S/C19H17FN2O2/c1-11-4-7-18(24-3)17(8-11)22-19(23)15-10-13-9-14(20)5-6-16(13)21-12(15)2/h4-10H,1-3H3,(H,22,23). The van der Waals surface area contributed by atoms with Crippen molar-refractivity contribution >= 4 is 22.5 Å². The van der Waals surface area contributed by atoms with E-state index in [0.717, 1.165) is 5.56 Å². The number of fused-ring (bicyclic) bond motifs is 1. The van der Waals surface area contributed by atoms with Crippen molar-refractivity contribution in [3.05, 3.63) is 65.1 Å². The lowest BCUT2D eigenvalue weighted by Crippen LogP contribution is -2.15. The molecule has 0 radical (unpaired) electrons. The van der Waals surface area contributed by atoms with Gasteiger partial charge in [0, 0.05) is 5.39 Å². The summed E-state index contributed by atoms with van der Waals surface area (Å²) < 4.78 is 18.7. The lowest BCUT2D eigenvalue weighted by molar-refractivity contribution is 0.102. The van der Waals surface area contributed by atoms with Gasteiger partial charge in [-0.25, -0.2) is 4.39 Å². The molecule has 5 heteroatoms. The Bertz CT molecular complexity index is 938. The number of aromatic nitrogens is 1. The van der Waals surface area contributed by atoms with Crippen LogP contribution in [-0.2, 0) is 0 Å². The van der Waals surface area contributed by atoms with E-state index in [4.69, 9.17) is 4.74 Å². The zero-order valence-electron chi connectivity index (χ0n) is 13.7. The highest BCUT2D eigenvalue weighted by atomic mass is 19.1. The molecule has 0 aliphatic carbocycles. The van der Waals surface area contributed by atoms with Gasteiger partial charge in [-0.05, 0) is 55.8 Å². The van der Waals surface area contributed by atoms with Crippen LogP contribution in [0.1, 0.15) is 21.6 Å². The summed E-state index contributed by atoms with van der Waals surface area (Å²) in [5.74, 6) is -0.0960.